The summed E-state index contributed by atoms with van der Waals surface area (Å²) in [6, 6.07) is 13.4. The molecule has 2 aromatic heterocycles. The molecule has 0 unspecified atom stereocenters. The Balaban J connectivity index is 1.64. The molecule has 0 radical (unpaired) electrons. The molecule has 0 atom stereocenters. The average Bonchev–Trinajstić information content (AvgIpc) is 2.95. The normalized spacial score (nSPS) is 10.3. The number of rotatable bonds is 4. The number of aryl methyl sites for hydroxylation is 1. The van der Waals surface area contributed by atoms with Crippen molar-refractivity contribution in [1.82, 2.24) is 15.3 Å². The largest absolute Gasteiger partial charge is 0.334 e. The molecule has 1 aromatic carbocycles. The Morgan fingerprint density at radius 1 is 1.17 bits per heavy atom. The van der Waals surface area contributed by atoms with Crippen LogP contribution >= 0.6 is 11.3 Å². The first-order valence-corrected chi connectivity index (χ1v) is 8.00. The van der Waals surface area contributed by atoms with E-state index in [0.717, 1.165) is 26.8 Å². The fourth-order valence-electron chi connectivity index (χ4n) is 2.05. The highest BCUT2D eigenvalue weighted by Crippen LogP contribution is 2.31. The highest BCUT2D eigenvalue weighted by atomic mass is 32.1. The molecule has 2 heterocycles. The fourth-order valence-corrected chi connectivity index (χ4v) is 3.02. The van der Waals surface area contributed by atoms with Gasteiger partial charge in [0.05, 0.1) is 5.69 Å². The first-order valence-electron chi connectivity index (χ1n) is 7.19. The lowest BCUT2D eigenvalue weighted by Crippen LogP contribution is -2.28. The van der Waals surface area contributed by atoms with Gasteiger partial charge in [-0.05, 0) is 18.6 Å². The van der Waals surface area contributed by atoms with E-state index in [1.54, 1.807) is 12.4 Å². The van der Waals surface area contributed by atoms with Crippen molar-refractivity contribution in [3.8, 4) is 10.6 Å². The predicted octanol–water partition coefficient (Wildman–Crippen LogP) is 3.84. The summed E-state index contributed by atoms with van der Waals surface area (Å²) in [4.78, 5) is 20.6. The van der Waals surface area contributed by atoms with Gasteiger partial charge < -0.3 is 5.32 Å². The van der Waals surface area contributed by atoms with Crippen molar-refractivity contribution in [1.29, 1.82) is 0 Å². The van der Waals surface area contributed by atoms with Crippen molar-refractivity contribution in [3.05, 3.63) is 66.1 Å². The molecule has 0 fully saturated rings. The second kappa shape index (κ2) is 7.02. The number of nitrogens with zero attached hydrogens (tertiary/aromatic N) is 2. The Labute approximate surface area is 138 Å². The van der Waals surface area contributed by atoms with Gasteiger partial charge in [0.2, 0.25) is 0 Å². The quantitative estimate of drug-likeness (QED) is 0.766. The minimum atomic E-state index is -0.250. The minimum absolute atomic E-state index is 0.250. The van der Waals surface area contributed by atoms with Crippen LogP contribution in [0, 0.1) is 6.92 Å². The molecule has 0 saturated heterocycles. The van der Waals surface area contributed by atoms with Crippen LogP contribution < -0.4 is 10.6 Å². The summed E-state index contributed by atoms with van der Waals surface area (Å²) < 4.78 is 0. The Morgan fingerprint density at radius 2 is 2.00 bits per heavy atom. The van der Waals surface area contributed by atoms with E-state index in [0.29, 0.717) is 6.54 Å². The van der Waals surface area contributed by atoms with E-state index >= 15 is 0 Å². The molecule has 116 valence electrons. The van der Waals surface area contributed by atoms with Gasteiger partial charge in [-0.2, -0.15) is 0 Å². The van der Waals surface area contributed by atoms with Crippen LogP contribution in [-0.4, -0.2) is 16.0 Å². The van der Waals surface area contributed by atoms with Crippen LogP contribution in [0.3, 0.4) is 0 Å². The third-order valence-electron chi connectivity index (χ3n) is 3.22. The molecule has 3 aromatic rings. The molecule has 0 aliphatic rings. The molecule has 2 N–H and O–H groups in total. The van der Waals surface area contributed by atoms with Crippen LogP contribution in [0.5, 0.6) is 0 Å². The van der Waals surface area contributed by atoms with Gasteiger partial charge in [0.15, 0.2) is 0 Å². The number of urea groups is 1. The van der Waals surface area contributed by atoms with Gasteiger partial charge in [-0.3, -0.25) is 10.3 Å². The summed E-state index contributed by atoms with van der Waals surface area (Å²) in [6.07, 6.45) is 3.43. The summed E-state index contributed by atoms with van der Waals surface area (Å²) in [6.45, 7) is 2.32. The molecule has 0 aliphatic heterocycles. The van der Waals surface area contributed by atoms with Gasteiger partial charge in [-0.15, -0.1) is 0 Å². The predicted molar refractivity (Wildman–Crippen MR) is 92.4 cm³/mol. The highest BCUT2D eigenvalue weighted by molar-refractivity contribution is 7.19. The van der Waals surface area contributed by atoms with Crippen LogP contribution in [0.4, 0.5) is 9.80 Å². The Bertz CT molecular complexity index is 787. The number of pyridine rings is 1. The van der Waals surface area contributed by atoms with E-state index in [4.69, 9.17) is 0 Å². The molecule has 0 bridgehead atoms. The molecule has 6 heteroatoms. The maximum Gasteiger partial charge on any atom is 0.320 e. The number of anilines is 1. The van der Waals surface area contributed by atoms with E-state index in [1.807, 2.05) is 49.4 Å². The number of carbonyl (C=O) groups excluding carboxylic acids is 1. The molecule has 2 amide bonds. The van der Waals surface area contributed by atoms with Gasteiger partial charge in [-0.25, -0.2) is 9.78 Å². The number of benzene rings is 1. The molecule has 0 saturated carbocycles. The summed E-state index contributed by atoms with van der Waals surface area (Å²) in [5, 5.41) is 7.32. The van der Waals surface area contributed by atoms with E-state index < -0.39 is 0 Å². The first-order chi connectivity index (χ1) is 11.2. The maximum atomic E-state index is 12.0. The Kier molecular flexibility index (Phi) is 4.63. The lowest BCUT2D eigenvalue weighted by atomic mass is 10.2. The number of aromatic nitrogens is 2. The van der Waals surface area contributed by atoms with Crippen molar-refractivity contribution < 1.29 is 4.79 Å². The zero-order chi connectivity index (χ0) is 16.1. The second-order valence-electron chi connectivity index (χ2n) is 4.97. The summed E-state index contributed by atoms with van der Waals surface area (Å²) in [5.74, 6) is 0. The zero-order valence-electron chi connectivity index (χ0n) is 12.6. The SMILES string of the molecule is Cc1nc(-c2ccccc2)sc1NC(=O)NCc1cccnc1. The van der Waals surface area contributed by atoms with E-state index in [2.05, 4.69) is 20.6 Å². The summed E-state index contributed by atoms with van der Waals surface area (Å²) in [5.41, 5.74) is 2.81. The van der Waals surface area contributed by atoms with Gasteiger partial charge in [0.1, 0.15) is 10.0 Å². The van der Waals surface area contributed by atoms with Crippen molar-refractivity contribution in [3.63, 3.8) is 0 Å². The molecular weight excluding hydrogens is 308 g/mol. The number of amides is 2. The molecule has 3 rings (SSSR count). The number of hydrogen-bond acceptors (Lipinski definition) is 4. The third-order valence-corrected chi connectivity index (χ3v) is 4.34. The van der Waals surface area contributed by atoms with Crippen LogP contribution in [-0.2, 0) is 6.54 Å². The fraction of sp³-hybridized carbons (Fsp3) is 0.118. The molecule has 23 heavy (non-hydrogen) atoms. The van der Waals surface area contributed by atoms with Gasteiger partial charge >= 0.3 is 6.03 Å². The zero-order valence-corrected chi connectivity index (χ0v) is 13.4. The summed E-state index contributed by atoms with van der Waals surface area (Å²) >= 11 is 1.47. The third kappa shape index (κ3) is 3.92. The molecular formula is C17H16N4OS. The van der Waals surface area contributed by atoms with E-state index in [1.165, 1.54) is 11.3 Å². The van der Waals surface area contributed by atoms with Crippen molar-refractivity contribution in [2.75, 3.05) is 5.32 Å². The van der Waals surface area contributed by atoms with E-state index in [-0.39, 0.29) is 6.03 Å². The first kappa shape index (κ1) is 15.2. The number of thiazole rings is 1. The van der Waals surface area contributed by atoms with Crippen molar-refractivity contribution in [2.24, 2.45) is 0 Å². The molecule has 0 spiro atoms. The Hall–Kier alpha value is -2.73. The topological polar surface area (TPSA) is 66.9 Å². The number of nitrogens with one attached hydrogen (secondary N) is 2. The number of hydrogen-bond donors (Lipinski definition) is 2. The van der Waals surface area contributed by atoms with Crippen LogP contribution in [0.15, 0.2) is 54.9 Å². The van der Waals surface area contributed by atoms with Gasteiger partial charge in [-0.1, -0.05) is 47.7 Å². The van der Waals surface area contributed by atoms with Crippen molar-refractivity contribution in [2.45, 2.75) is 13.5 Å². The monoisotopic (exact) mass is 324 g/mol. The smallest absolute Gasteiger partial charge is 0.320 e. The average molecular weight is 324 g/mol. The minimum Gasteiger partial charge on any atom is -0.334 e. The van der Waals surface area contributed by atoms with E-state index in [9.17, 15) is 4.79 Å². The second-order valence-corrected chi connectivity index (χ2v) is 5.97. The van der Waals surface area contributed by atoms with Gasteiger partial charge in [0.25, 0.3) is 0 Å². The lowest BCUT2D eigenvalue weighted by Gasteiger charge is -2.06. The Morgan fingerprint density at radius 3 is 2.74 bits per heavy atom. The summed E-state index contributed by atoms with van der Waals surface area (Å²) in [7, 11) is 0. The maximum absolute atomic E-state index is 12.0. The highest BCUT2D eigenvalue weighted by Gasteiger charge is 2.11. The van der Waals surface area contributed by atoms with Crippen LogP contribution in [0.2, 0.25) is 0 Å². The van der Waals surface area contributed by atoms with Crippen LogP contribution in [0.1, 0.15) is 11.3 Å². The van der Waals surface area contributed by atoms with Crippen molar-refractivity contribution >= 4 is 22.4 Å². The molecule has 5 nitrogen and oxygen atoms in total. The van der Waals surface area contributed by atoms with Gasteiger partial charge in [0, 0.05) is 24.5 Å². The lowest BCUT2D eigenvalue weighted by molar-refractivity contribution is 0.252. The number of carbonyl (C=O) groups is 1. The molecule has 0 aliphatic carbocycles. The standard InChI is InChI=1S/C17H16N4OS/c1-12-15(23-16(20-12)14-7-3-2-4-8-14)21-17(22)19-11-13-6-5-9-18-10-13/h2-10H,11H2,1H3,(H2,19,21,22). The van der Waals surface area contributed by atoms with Crippen LogP contribution in [0.25, 0.3) is 10.6 Å².